The van der Waals surface area contributed by atoms with Crippen molar-refractivity contribution in [2.45, 2.75) is 19.3 Å². The Kier molecular flexibility index (Phi) is 3.27. The standard InChI is InChI=1S/C15H18FNO2/c16-13-6-10(4-5-14(13)18)15(19)9-17-7-11-2-1-3-12(11)8-17/h4-6,11-12,18H,1-3,7-9H2. The fraction of sp³-hybridized carbons (Fsp3) is 0.533. The lowest BCUT2D eigenvalue weighted by atomic mass is 10.0. The van der Waals surface area contributed by atoms with E-state index in [0.29, 0.717) is 12.1 Å². The molecule has 0 amide bonds. The van der Waals surface area contributed by atoms with Crippen LogP contribution in [-0.2, 0) is 0 Å². The molecule has 2 aliphatic rings. The molecule has 1 aromatic rings. The van der Waals surface area contributed by atoms with Gasteiger partial charge in [0.25, 0.3) is 0 Å². The normalized spacial score (nSPS) is 26.6. The van der Waals surface area contributed by atoms with E-state index in [0.717, 1.165) is 31.0 Å². The zero-order valence-electron chi connectivity index (χ0n) is 10.8. The molecule has 1 N–H and O–H groups in total. The minimum Gasteiger partial charge on any atom is -0.505 e. The summed E-state index contributed by atoms with van der Waals surface area (Å²) in [4.78, 5) is 14.3. The van der Waals surface area contributed by atoms with Crippen molar-refractivity contribution in [3.63, 3.8) is 0 Å². The van der Waals surface area contributed by atoms with Gasteiger partial charge in [-0.1, -0.05) is 6.42 Å². The molecule has 1 aliphatic heterocycles. The Morgan fingerprint density at radius 2 is 2.00 bits per heavy atom. The lowest BCUT2D eigenvalue weighted by Crippen LogP contribution is -2.28. The van der Waals surface area contributed by atoms with Crippen LogP contribution in [0.25, 0.3) is 0 Å². The smallest absolute Gasteiger partial charge is 0.176 e. The van der Waals surface area contributed by atoms with Gasteiger partial charge in [-0.15, -0.1) is 0 Å². The number of carbonyl (C=O) groups excluding carboxylic acids is 1. The highest BCUT2D eigenvalue weighted by molar-refractivity contribution is 5.97. The monoisotopic (exact) mass is 263 g/mol. The van der Waals surface area contributed by atoms with Crippen LogP contribution in [0.2, 0.25) is 0 Å². The van der Waals surface area contributed by atoms with Gasteiger partial charge in [-0.05, 0) is 42.9 Å². The van der Waals surface area contributed by atoms with Crippen molar-refractivity contribution in [1.29, 1.82) is 0 Å². The summed E-state index contributed by atoms with van der Waals surface area (Å²) in [6.07, 6.45) is 3.88. The van der Waals surface area contributed by atoms with Gasteiger partial charge in [0.15, 0.2) is 17.3 Å². The van der Waals surface area contributed by atoms with Crippen LogP contribution in [0.15, 0.2) is 18.2 Å². The van der Waals surface area contributed by atoms with E-state index in [9.17, 15) is 9.18 Å². The quantitative estimate of drug-likeness (QED) is 0.852. The fourth-order valence-electron chi connectivity index (χ4n) is 3.44. The molecule has 3 nitrogen and oxygen atoms in total. The van der Waals surface area contributed by atoms with Crippen LogP contribution in [-0.4, -0.2) is 35.4 Å². The maximum absolute atomic E-state index is 13.2. The van der Waals surface area contributed by atoms with Crippen LogP contribution < -0.4 is 0 Å². The molecule has 1 aromatic carbocycles. The van der Waals surface area contributed by atoms with Crippen LogP contribution in [0.1, 0.15) is 29.6 Å². The summed E-state index contributed by atoms with van der Waals surface area (Å²) in [6, 6.07) is 3.84. The first-order valence-corrected chi connectivity index (χ1v) is 6.87. The van der Waals surface area contributed by atoms with Crippen LogP contribution >= 0.6 is 0 Å². The highest BCUT2D eigenvalue weighted by atomic mass is 19.1. The lowest BCUT2D eigenvalue weighted by molar-refractivity contribution is 0.0940. The zero-order chi connectivity index (χ0) is 13.4. The highest BCUT2D eigenvalue weighted by Crippen LogP contribution is 2.37. The van der Waals surface area contributed by atoms with Gasteiger partial charge < -0.3 is 5.11 Å². The van der Waals surface area contributed by atoms with E-state index in [1.807, 2.05) is 0 Å². The largest absolute Gasteiger partial charge is 0.505 e. The molecule has 0 bridgehead atoms. The number of phenols is 1. The number of benzene rings is 1. The van der Waals surface area contributed by atoms with E-state index in [2.05, 4.69) is 4.90 Å². The van der Waals surface area contributed by atoms with Crippen molar-refractivity contribution < 1.29 is 14.3 Å². The Bertz CT molecular complexity index is 491. The van der Waals surface area contributed by atoms with E-state index in [1.165, 1.54) is 31.4 Å². The topological polar surface area (TPSA) is 40.5 Å². The lowest BCUT2D eigenvalue weighted by Gasteiger charge is -2.15. The second kappa shape index (κ2) is 4.93. The number of Topliss-reactive ketones (excluding diaryl/α,β-unsaturated/α-hetero) is 1. The third-order valence-corrected chi connectivity index (χ3v) is 4.44. The molecule has 19 heavy (non-hydrogen) atoms. The minimum absolute atomic E-state index is 0.0705. The fourth-order valence-corrected chi connectivity index (χ4v) is 3.44. The van der Waals surface area contributed by atoms with E-state index < -0.39 is 11.6 Å². The number of nitrogens with zero attached hydrogens (tertiary/aromatic N) is 1. The Labute approximate surface area is 112 Å². The average molecular weight is 263 g/mol. The van der Waals surface area contributed by atoms with Gasteiger partial charge in [-0.25, -0.2) is 4.39 Å². The van der Waals surface area contributed by atoms with E-state index in [4.69, 9.17) is 5.11 Å². The molecule has 4 heteroatoms. The highest BCUT2D eigenvalue weighted by Gasteiger charge is 2.36. The SMILES string of the molecule is O=C(CN1CC2CCCC2C1)c1ccc(O)c(F)c1. The molecule has 0 spiro atoms. The number of ketones is 1. The first kappa shape index (κ1) is 12.6. The maximum atomic E-state index is 13.2. The van der Waals surface area contributed by atoms with Crippen molar-refractivity contribution >= 4 is 5.78 Å². The van der Waals surface area contributed by atoms with Crippen molar-refractivity contribution in [2.24, 2.45) is 11.8 Å². The van der Waals surface area contributed by atoms with Crippen LogP contribution in [0, 0.1) is 17.7 Å². The number of rotatable bonds is 3. The van der Waals surface area contributed by atoms with Gasteiger partial charge in [0.05, 0.1) is 6.54 Å². The first-order chi connectivity index (χ1) is 9.13. The number of likely N-dealkylation sites (tertiary alicyclic amines) is 1. The van der Waals surface area contributed by atoms with Gasteiger partial charge >= 0.3 is 0 Å². The minimum atomic E-state index is -0.732. The maximum Gasteiger partial charge on any atom is 0.176 e. The molecular weight excluding hydrogens is 245 g/mol. The van der Waals surface area contributed by atoms with Crippen LogP contribution in [0.5, 0.6) is 5.75 Å². The Morgan fingerprint density at radius 3 is 2.63 bits per heavy atom. The van der Waals surface area contributed by atoms with Gasteiger partial charge in [0, 0.05) is 18.7 Å². The number of hydrogen-bond donors (Lipinski definition) is 1. The van der Waals surface area contributed by atoms with E-state index in [1.54, 1.807) is 0 Å². The predicted molar refractivity (Wildman–Crippen MR) is 69.7 cm³/mol. The Hall–Kier alpha value is -1.42. The van der Waals surface area contributed by atoms with Crippen molar-refractivity contribution in [2.75, 3.05) is 19.6 Å². The number of aromatic hydroxyl groups is 1. The van der Waals surface area contributed by atoms with Crippen molar-refractivity contribution in [1.82, 2.24) is 4.90 Å². The van der Waals surface area contributed by atoms with Gasteiger partial charge in [0.2, 0.25) is 0 Å². The molecule has 2 unspecified atom stereocenters. The van der Waals surface area contributed by atoms with E-state index in [-0.39, 0.29) is 5.78 Å². The number of hydrogen-bond acceptors (Lipinski definition) is 3. The number of phenolic OH excluding ortho intramolecular Hbond substituents is 1. The Morgan fingerprint density at radius 1 is 1.32 bits per heavy atom. The zero-order valence-corrected chi connectivity index (χ0v) is 10.8. The number of fused-ring (bicyclic) bond motifs is 1. The molecule has 1 saturated heterocycles. The predicted octanol–water partition coefficient (Wildman–Crippen LogP) is 2.45. The number of carbonyl (C=O) groups is 1. The van der Waals surface area contributed by atoms with Crippen molar-refractivity contribution in [3.05, 3.63) is 29.6 Å². The Balaban J connectivity index is 1.63. The van der Waals surface area contributed by atoms with Gasteiger partial charge in [-0.2, -0.15) is 0 Å². The molecule has 0 radical (unpaired) electrons. The summed E-state index contributed by atoms with van der Waals surface area (Å²) in [6.45, 7) is 2.35. The molecule has 3 rings (SSSR count). The summed E-state index contributed by atoms with van der Waals surface area (Å²) in [5.41, 5.74) is 0.340. The molecule has 2 fully saturated rings. The first-order valence-electron chi connectivity index (χ1n) is 6.87. The molecule has 1 heterocycles. The van der Waals surface area contributed by atoms with Crippen molar-refractivity contribution in [3.8, 4) is 5.75 Å². The van der Waals surface area contributed by atoms with Crippen LogP contribution in [0.3, 0.4) is 0 Å². The van der Waals surface area contributed by atoms with Gasteiger partial charge in [-0.3, -0.25) is 9.69 Å². The summed E-state index contributed by atoms with van der Waals surface area (Å²) in [5, 5.41) is 9.12. The molecule has 1 saturated carbocycles. The number of halogens is 1. The summed E-state index contributed by atoms with van der Waals surface area (Å²) >= 11 is 0. The van der Waals surface area contributed by atoms with Crippen LogP contribution in [0.4, 0.5) is 4.39 Å². The second-order valence-corrected chi connectivity index (χ2v) is 5.73. The van der Waals surface area contributed by atoms with Gasteiger partial charge in [0.1, 0.15) is 0 Å². The third-order valence-electron chi connectivity index (χ3n) is 4.44. The average Bonchev–Trinajstić information content (AvgIpc) is 2.93. The van der Waals surface area contributed by atoms with E-state index >= 15 is 0 Å². The second-order valence-electron chi connectivity index (χ2n) is 5.73. The molecular formula is C15H18FNO2. The summed E-state index contributed by atoms with van der Waals surface area (Å²) in [5.74, 6) is 0.295. The molecule has 0 aromatic heterocycles. The molecule has 1 aliphatic carbocycles. The summed E-state index contributed by atoms with van der Waals surface area (Å²) in [7, 11) is 0. The molecule has 102 valence electrons. The summed E-state index contributed by atoms with van der Waals surface area (Å²) < 4.78 is 13.2. The third kappa shape index (κ3) is 2.50. The molecule has 2 atom stereocenters.